The Hall–Kier alpha value is -2.34. The lowest BCUT2D eigenvalue weighted by molar-refractivity contribution is -0.126. The molecule has 0 aliphatic rings. The molecule has 0 saturated carbocycles. The maximum atomic E-state index is 15.3. The van der Waals surface area contributed by atoms with Gasteiger partial charge in [-0.15, -0.1) is 22.7 Å². The number of thiophene rings is 1. The molecule has 11 heteroatoms. The first-order valence-corrected chi connectivity index (χ1v) is 10.8. The van der Waals surface area contributed by atoms with Gasteiger partial charge in [0.25, 0.3) is 5.91 Å². The van der Waals surface area contributed by atoms with Crippen molar-refractivity contribution in [1.29, 1.82) is 0 Å². The number of aryl methyl sites for hydroxylation is 1. The fourth-order valence-electron chi connectivity index (χ4n) is 2.36. The van der Waals surface area contributed by atoms with E-state index in [2.05, 4.69) is 20.3 Å². The number of aromatic nitrogens is 1. The van der Waals surface area contributed by atoms with Crippen LogP contribution in [0.1, 0.15) is 18.2 Å². The third-order valence-corrected chi connectivity index (χ3v) is 6.00. The molecule has 1 amide bonds. The molecule has 0 saturated heterocycles. The van der Waals surface area contributed by atoms with E-state index in [-0.39, 0.29) is 16.3 Å². The molecule has 2 atom stereocenters. The third kappa shape index (κ3) is 4.73. The van der Waals surface area contributed by atoms with Crippen molar-refractivity contribution in [2.24, 2.45) is 0 Å². The Kier molecular flexibility index (Phi) is 6.08. The molecule has 3 N–H and O–H groups in total. The van der Waals surface area contributed by atoms with Crippen LogP contribution in [-0.2, 0) is 21.7 Å². The largest absolute Gasteiger partial charge is 0.755 e. The van der Waals surface area contributed by atoms with Gasteiger partial charge >= 0.3 is 0 Å². The summed E-state index contributed by atoms with van der Waals surface area (Å²) in [4.78, 5) is 16.8. The molecule has 0 spiro atoms. The zero-order chi connectivity index (χ0) is 20.3. The Morgan fingerprint density at radius 1 is 1.32 bits per heavy atom. The quantitative estimate of drug-likeness (QED) is 0.476. The van der Waals surface area contributed by atoms with Crippen molar-refractivity contribution < 1.29 is 17.9 Å². The second-order valence-corrected chi connectivity index (χ2v) is 8.40. The number of thiazole rings is 1. The number of nitrogens with zero attached hydrogens (tertiary/aromatic N) is 1. The van der Waals surface area contributed by atoms with E-state index in [1.54, 1.807) is 17.5 Å². The van der Waals surface area contributed by atoms with Crippen molar-refractivity contribution in [2.75, 3.05) is 15.4 Å². The minimum Gasteiger partial charge on any atom is -0.755 e. The highest BCUT2D eigenvalue weighted by molar-refractivity contribution is 7.80. The van der Waals surface area contributed by atoms with Gasteiger partial charge in [0.05, 0.1) is 11.4 Å². The number of carbonyl (C=O) groups is 1. The average molecular weight is 440 g/mol. The van der Waals surface area contributed by atoms with Crippen LogP contribution < -0.4 is 15.4 Å². The number of rotatable bonds is 7. The molecule has 0 bridgehead atoms. The van der Waals surface area contributed by atoms with Crippen LogP contribution in [0, 0.1) is 6.92 Å². The molecule has 148 valence electrons. The van der Waals surface area contributed by atoms with Crippen molar-refractivity contribution in [3.63, 3.8) is 0 Å². The molecule has 0 aliphatic heterocycles. The van der Waals surface area contributed by atoms with Gasteiger partial charge in [0.2, 0.25) is 5.67 Å². The predicted octanol–water partition coefficient (Wildman–Crippen LogP) is 4.29. The topological polar surface area (TPSA) is 106 Å². The molecule has 2 aromatic heterocycles. The van der Waals surface area contributed by atoms with Gasteiger partial charge in [-0.1, -0.05) is 12.1 Å². The van der Waals surface area contributed by atoms with Gasteiger partial charge in [-0.25, -0.2) is 9.37 Å². The molecule has 0 fully saturated rings. The Balaban J connectivity index is 1.78. The number of amides is 1. The lowest BCUT2D eigenvalue weighted by Crippen LogP contribution is -2.33. The Labute approximate surface area is 171 Å². The summed E-state index contributed by atoms with van der Waals surface area (Å²) in [6.07, 6.45) is 0. The number of benzene rings is 1. The van der Waals surface area contributed by atoms with Crippen LogP contribution in [0.3, 0.4) is 0 Å². The van der Waals surface area contributed by atoms with Crippen molar-refractivity contribution in [2.45, 2.75) is 19.5 Å². The van der Waals surface area contributed by atoms with Crippen LogP contribution in [0.2, 0.25) is 0 Å². The molecular weight excluding hydrogens is 423 g/mol. The first kappa shape index (κ1) is 20.4. The first-order chi connectivity index (χ1) is 13.3. The van der Waals surface area contributed by atoms with Crippen LogP contribution >= 0.6 is 22.7 Å². The van der Waals surface area contributed by atoms with E-state index in [4.69, 9.17) is 0 Å². The second kappa shape index (κ2) is 8.35. The van der Waals surface area contributed by atoms with Gasteiger partial charge in [-0.3, -0.25) is 9.00 Å². The minimum atomic E-state index is -2.55. The fraction of sp³-hybridized carbons (Fsp3) is 0.176. The zero-order valence-electron chi connectivity index (χ0n) is 14.8. The number of nitrogens with one attached hydrogen (secondary N) is 3. The van der Waals surface area contributed by atoms with Gasteiger partial charge in [-0.2, -0.15) is 0 Å². The Morgan fingerprint density at radius 2 is 2.11 bits per heavy atom. The van der Waals surface area contributed by atoms with Crippen LogP contribution in [-0.4, -0.2) is 19.7 Å². The van der Waals surface area contributed by atoms with E-state index in [0.29, 0.717) is 10.8 Å². The number of halogens is 1. The molecule has 2 heterocycles. The molecule has 3 aromatic rings. The van der Waals surface area contributed by atoms with E-state index in [9.17, 15) is 13.6 Å². The summed E-state index contributed by atoms with van der Waals surface area (Å²) >= 11 is -0.0494. The lowest BCUT2D eigenvalue weighted by Gasteiger charge is -2.21. The number of hydrogen-bond donors (Lipinski definition) is 3. The summed E-state index contributed by atoms with van der Waals surface area (Å²) in [7, 11) is 0. The average Bonchev–Trinajstić information content (AvgIpc) is 3.23. The van der Waals surface area contributed by atoms with Crippen molar-refractivity contribution in [3.8, 4) is 0 Å². The summed E-state index contributed by atoms with van der Waals surface area (Å²) in [5.74, 6) is -0.909. The number of alkyl halides is 1. The monoisotopic (exact) mass is 439 g/mol. The lowest BCUT2D eigenvalue weighted by atomic mass is 9.96. The molecule has 2 unspecified atom stereocenters. The van der Waals surface area contributed by atoms with Gasteiger partial charge < -0.3 is 19.9 Å². The van der Waals surface area contributed by atoms with E-state index in [1.165, 1.54) is 29.5 Å². The van der Waals surface area contributed by atoms with Crippen molar-refractivity contribution >= 4 is 61.4 Å². The molecule has 3 rings (SSSR count). The highest BCUT2D eigenvalue weighted by atomic mass is 32.2. The summed E-state index contributed by atoms with van der Waals surface area (Å²) in [6.45, 7) is 3.03. The van der Waals surface area contributed by atoms with E-state index >= 15 is 4.39 Å². The second-order valence-electron chi connectivity index (χ2n) is 5.96. The highest BCUT2D eigenvalue weighted by Gasteiger charge is 2.36. The Bertz CT molecular complexity index is 1020. The Morgan fingerprint density at radius 3 is 2.79 bits per heavy atom. The van der Waals surface area contributed by atoms with E-state index < -0.39 is 22.8 Å². The number of hydrogen-bond acceptors (Lipinski definition) is 7. The minimum absolute atomic E-state index is 0.153. The maximum Gasteiger partial charge on any atom is 0.266 e. The fourth-order valence-corrected chi connectivity index (χ4v) is 4.31. The number of anilines is 4. The SMILES string of the molecule is Cc1csc(Nc2cccc(C(C)(F)C(=O)Nc3ccsc3NS(=O)[O-])c2)n1. The van der Waals surface area contributed by atoms with Crippen LogP contribution in [0.4, 0.5) is 25.9 Å². The molecule has 0 aliphatic carbocycles. The molecule has 1 aromatic carbocycles. The van der Waals surface area contributed by atoms with Gasteiger partial charge in [0, 0.05) is 27.9 Å². The standard InChI is InChI=1S/C17H17FN4O3S3/c1-10-9-27-16(19-10)20-12-5-3-4-11(8-12)17(2,18)15(23)21-13-6-7-26-14(13)22-28(24)25/h3-9,22H,1-2H3,(H,19,20)(H,21,23)(H,24,25)/p-1. The van der Waals surface area contributed by atoms with Crippen LogP contribution in [0.5, 0.6) is 0 Å². The molecule has 0 radical (unpaired) electrons. The predicted molar refractivity (Wildman–Crippen MR) is 111 cm³/mol. The summed E-state index contributed by atoms with van der Waals surface area (Å²) in [5, 5.41) is 9.86. The first-order valence-electron chi connectivity index (χ1n) is 7.99. The summed E-state index contributed by atoms with van der Waals surface area (Å²) < 4.78 is 39.1. The van der Waals surface area contributed by atoms with Crippen molar-refractivity contribution in [1.82, 2.24) is 4.98 Å². The van der Waals surface area contributed by atoms with E-state index in [1.807, 2.05) is 12.3 Å². The van der Waals surface area contributed by atoms with Crippen molar-refractivity contribution in [3.05, 3.63) is 52.3 Å². The third-order valence-electron chi connectivity index (χ3n) is 3.79. The van der Waals surface area contributed by atoms with Gasteiger partial charge in [0.15, 0.2) is 5.13 Å². The van der Waals surface area contributed by atoms with Gasteiger partial charge in [0.1, 0.15) is 5.00 Å². The smallest absolute Gasteiger partial charge is 0.266 e. The molecule has 28 heavy (non-hydrogen) atoms. The van der Waals surface area contributed by atoms with Gasteiger partial charge in [-0.05, 0) is 37.4 Å². The highest BCUT2D eigenvalue weighted by Crippen LogP contribution is 2.34. The summed E-state index contributed by atoms with van der Waals surface area (Å²) in [5.41, 5.74) is -0.525. The maximum absolute atomic E-state index is 15.3. The normalized spacial score (nSPS) is 14.1. The van der Waals surface area contributed by atoms with Crippen LogP contribution in [0.25, 0.3) is 0 Å². The number of carbonyl (C=O) groups excluding carboxylic acids is 1. The van der Waals surface area contributed by atoms with E-state index in [0.717, 1.165) is 24.0 Å². The summed E-state index contributed by atoms with van der Waals surface area (Å²) in [6, 6.07) is 7.93. The molecule has 7 nitrogen and oxygen atoms in total. The van der Waals surface area contributed by atoms with Crippen LogP contribution in [0.15, 0.2) is 41.1 Å². The molecular formula is C17H16FN4O3S3-. The zero-order valence-corrected chi connectivity index (χ0v) is 17.3.